The molecule has 26 heavy (non-hydrogen) atoms. The minimum absolute atomic E-state index is 0.152. The average molecular weight is 385 g/mol. The summed E-state index contributed by atoms with van der Waals surface area (Å²) in [4.78, 5) is 16.6. The summed E-state index contributed by atoms with van der Waals surface area (Å²) >= 11 is 0. The Morgan fingerprint density at radius 1 is 1.12 bits per heavy atom. The van der Waals surface area contributed by atoms with Crippen LogP contribution in [0.15, 0.2) is 9.42 Å². The molecule has 3 rings (SSSR count). The lowest BCUT2D eigenvalue weighted by Gasteiger charge is -2.36. The molecule has 0 spiro atoms. The number of nitrogens with zero attached hydrogens (tertiary/aromatic N) is 4. The van der Waals surface area contributed by atoms with Crippen molar-refractivity contribution in [2.75, 3.05) is 45.8 Å². The summed E-state index contributed by atoms with van der Waals surface area (Å²) in [5.74, 6) is 1.16. The molecule has 2 saturated heterocycles. The zero-order valence-corrected chi connectivity index (χ0v) is 16.6. The van der Waals surface area contributed by atoms with Gasteiger partial charge in [0.05, 0.1) is 6.54 Å². The quantitative estimate of drug-likeness (QED) is 0.765. The normalized spacial score (nSPS) is 21.3. The number of piperidine rings is 1. The molecule has 0 N–H and O–H groups in total. The number of rotatable bonds is 4. The number of sulfonamides is 1. The molecule has 0 bridgehead atoms. The van der Waals surface area contributed by atoms with E-state index in [1.165, 1.54) is 4.31 Å². The lowest BCUT2D eigenvalue weighted by Crippen LogP contribution is -2.52. The number of likely N-dealkylation sites (tertiary alicyclic amines) is 1. The number of aryl methyl sites for hydroxylation is 2. The largest absolute Gasteiger partial charge is 0.360 e. The molecule has 3 heterocycles. The van der Waals surface area contributed by atoms with E-state index in [0.717, 1.165) is 25.9 Å². The molecule has 0 saturated carbocycles. The molecule has 8 nitrogen and oxygen atoms in total. The summed E-state index contributed by atoms with van der Waals surface area (Å²) in [6.45, 7) is 9.36. The van der Waals surface area contributed by atoms with Crippen molar-refractivity contribution >= 4 is 15.9 Å². The Labute approximate surface area is 155 Å². The van der Waals surface area contributed by atoms with E-state index in [1.54, 1.807) is 13.8 Å². The van der Waals surface area contributed by atoms with E-state index in [9.17, 15) is 13.2 Å². The highest BCUT2D eigenvalue weighted by Crippen LogP contribution is 2.24. The Morgan fingerprint density at radius 3 is 2.27 bits per heavy atom. The number of hydrogen-bond acceptors (Lipinski definition) is 6. The van der Waals surface area contributed by atoms with Crippen LogP contribution in [-0.4, -0.2) is 79.4 Å². The second-order valence-corrected chi connectivity index (χ2v) is 9.27. The Hall–Kier alpha value is -1.45. The van der Waals surface area contributed by atoms with Gasteiger partial charge in [0.1, 0.15) is 10.6 Å². The molecule has 0 aromatic carbocycles. The van der Waals surface area contributed by atoms with E-state index in [2.05, 4.69) is 12.1 Å². The number of carbonyl (C=O) groups is 1. The van der Waals surface area contributed by atoms with Crippen molar-refractivity contribution < 1.29 is 17.7 Å². The Bertz CT molecular complexity index is 725. The van der Waals surface area contributed by atoms with Crippen LogP contribution in [0.25, 0.3) is 0 Å². The standard InChI is InChI=1S/C17H28N4O4S/c1-13-4-6-20(7-5-13)16(22)12-19-8-10-21(11-9-19)26(23,24)17-14(2)18-25-15(17)3/h13H,4-12H2,1-3H3. The van der Waals surface area contributed by atoms with Crippen molar-refractivity contribution in [3.8, 4) is 0 Å². The van der Waals surface area contributed by atoms with Crippen LogP contribution in [-0.2, 0) is 14.8 Å². The topological polar surface area (TPSA) is 87.0 Å². The van der Waals surface area contributed by atoms with Gasteiger partial charge in [-0.2, -0.15) is 4.31 Å². The van der Waals surface area contributed by atoms with Crippen LogP contribution in [0.3, 0.4) is 0 Å². The molecular formula is C17H28N4O4S. The Morgan fingerprint density at radius 2 is 1.73 bits per heavy atom. The van der Waals surface area contributed by atoms with Crippen LogP contribution in [0.5, 0.6) is 0 Å². The molecule has 9 heteroatoms. The summed E-state index contributed by atoms with van der Waals surface area (Å²) in [6, 6.07) is 0. The third-order valence-electron chi connectivity index (χ3n) is 5.39. The first-order valence-electron chi connectivity index (χ1n) is 9.22. The van der Waals surface area contributed by atoms with Gasteiger partial charge in [0.15, 0.2) is 5.76 Å². The number of amides is 1. The van der Waals surface area contributed by atoms with Gasteiger partial charge in [-0.05, 0) is 32.6 Å². The van der Waals surface area contributed by atoms with Gasteiger partial charge in [0.25, 0.3) is 0 Å². The molecule has 0 unspecified atom stereocenters. The summed E-state index contributed by atoms with van der Waals surface area (Å²) < 4.78 is 32.1. The van der Waals surface area contributed by atoms with Crippen LogP contribution >= 0.6 is 0 Å². The molecule has 0 radical (unpaired) electrons. The van der Waals surface area contributed by atoms with Crippen molar-refractivity contribution in [2.45, 2.75) is 38.5 Å². The molecule has 1 aromatic heterocycles. The van der Waals surface area contributed by atoms with E-state index < -0.39 is 10.0 Å². The van der Waals surface area contributed by atoms with E-state index in [-0.39, 0.29) is 10.8 Å². The first kappa shape index (κ1) is 19.3. The maximum atomic E-state index is 12.8. The first-order chi connectivity index (χ1) is 12.3. The fourth-order valence-electron chi connectivity index (χ4n) is 3.65. The molecule has 2 aliphatic heterocycles. The fourth-order valence-corrected chi connectivity index (χ4v) is 5.36. The number of carbonyl (C=O) groups excluding carboxylic acids is 1. The van der Waals surface area contributed by atoms with Crippen LogP contribution in [0.2, 0.25) is 0 Å². The van der Waals surface area contributed by atoms with Crippen LogP contribution in [0, 0.1) is 19.8 Å². The van der Waals surface area contributed by atoms with E-state index in [0.29, 0.717) is 50.1 Å². The van der Waals surface area contributed by atoms with Gasteiger partial charge in [-0.1, -0.05) is 12.1 Å². The van der Waals surface area contributed by atoms with Gasteiger partial charge >= 0.3 is 0 Å². The van der Waals surface area contributed by atoms with Crippen molar-refractivity contribution in [3.05, 3.63) is 11.5 Å². The number of hydrogen-bond donors (Lipinski definition) is 0. The summed E-state index contributed by atoms with van der Waals surface area (Å²) in [7, 11) is -3.60. The van der Waals surface area contributed by atoms with Crippen molar-refractivity contribution in [1.29, 1.82) is 0 Å². The number of piperazine rings is 1. The first-order valence-corrected chi connectivity index (χ1v) is 10.7. The minimum atomic E-state index is -3.60. The van der Waals surface area contributed by atoms with Crippen LogP contribution in [0.4, 0.5) is 0 Å². The second-order valence-electron chi connectivity index (χ2n) is 7.40. The second kappa shape index (κ2) is 7.66. The van der Waals surface area contributed by atoms with E-state index >= 15 is 0 Å². The minimum Gasteiger partial charge on any atom is -0.360 e. The predicted octanol–water partition coefficient (Wildman–Crippen LogP) is 0.856. The van der Waals surface area contributed by atoms with Crippen molar-refractivity contribution in [1.82, 2.24) is 19.3 Å². The Balaban J connectivity index is 1.55. The van der Waals surface area contributed by atoms with Crippen LogP contribution < -0.4 is 0 Å². The zero-order valence-electron chi connectivity index (χ0n) is 15.8. The SMILES string of the molecule is Cc1noc(C)c1S(=O)(=O)N1CCN(CC(=O)N2CCC(C)CC2)CC1. The number of aromatic nitrogens is 1. The van der Waals surface area contributed by atoms with Crippen molar-refractivity contribution in [2.24, 2.45) is 5.92 Å². The monoisotopic (exact) mass is 384 g/mol. The molecule has 2 aliphatic rings. The van der Waals surface area contributed by atoms with Crippen LogP contribution in [0.1, 0.15) is 31.2 Å². The van der Waals surface area contributed by atoms with Gasteiger partial charge in [-0.3, -0.25) is 9.69 Å². The van der Waals surface area contributed by atoms with Gasteiger partial charge < -0.3 is 9.42 Å². The Kier molecular flexibility index (Phi) is 5.69. The smallest absolute Gasteiger partial charge is 0.248 e. The average Bonchev–Trinajstić information content (AvgIpc) is 2.95. The molecule has 1 amide bonds. The van der Waals surface area contributed by atoms with Gasteiger partial charge in [-0.25, -0.2) is 8.42 Å². The highest BCUT2D eigenvalue weighted by Gasteiger charge is 2.34. The highest BCUT2D eigenvalue weighted by molar-refractivity contribution is 7.89. The van der Waals surface area contributed by atoms with Crippen molar-refractivity contribution in [3.63, 3.8) is 0 Å². The third kappa shape index (κ3) is 3.94. The molecule has 146 valence electrons. The predicted molar refractivity (Wildman–Crippen MR) is 96.2 cm³/mol. The van der Waals surface area contributed by atoms with Gasteiger partial charge in [-0.15, -0.1) is 0 Å². The molecule has 2 fully saturated rings. The zero-order chi connectivity index (χ0) is 18.9. The molecule has 0 atom stereocenters. The fraction of sp³-hybridized carbons (Fsp3) is 0.765. The summed E-state index contributed by atoms with van der Waals surface area (Å²) in [5.41, 5.74) is 0.388. The summed E-state index contributed by atoms with van der Waals surface area (Å²) in [6.07, 6.45) is 2.13. The maximum Gasteiger partial charge on any atom is 0.248 e. The molecule has 1 aromatic rings. The van der Waals surface area contributed by atoms with Gasteiger partial charge in [0, 0.05) is 39.3 Å². The summed E-state index contributed by atoms with van der Waals surface area (Å²) in [5, 5.41) is 3.75. The molecule has 0 aliphatic carbocycles. The van der Waals surface area contributed by atoms with E-state index in [4.69, 9.17) is 4.52 Å². The highest BCUT2D eigenvalue weighted by atomic mass is 32.2. The van der Waals surface area contributed by atoms with E-state index in [1.807, 2.05) is 9.80 Å². The lowest BCUT2D eigenvalue weighted by atomic mass is 9.99. The lowest BCUT2D eigenvalue weighted by molar-refractivity contribution is -0.134. The molecular weight excluding hydrogens is 356 g/mol. The van der Waals surface area contributed by atoms with Gasteiger partial charge in [0.2, 0.25) is 15.9 Å². The third-order valence-corrected chi connectivity index (χ3v) is 7.54. The maximum absolute atomic E-state index is 12.8.